The number of hydrogen-bond acceptors (Lipinski definition) is 8. The molecule has 8 heteroatoms. The van der Waals surface area contributed by atoms with Gasteiger partial charge in [0.2, 0.25) is 0 Å². The molecule has 4 rings (SSSR count). The van der Waals surface area contributed by atoms with E-state index >= 15 is 0 Å². The Labute approximate surface area is 187 Å². The van der Waals surface area contributed by atoms with Gasteiger partial charge in [-0.05, 0) is 48.5 Å². The molecule has 0 saturated carbocycles. The van der Waals surface area contributed by atoms with Crippen molar-refractivity contribution in [3.63, 3.8) is 0 Å². The molecule has 0 aliphatic carbocycles. The minimum atomic E-state index is -0.575. The van der Waals surface area contributed by atoms with Crippen LogP contribution in [0.4, 0.5) is 0 Å². The Kier molecular flexibility index (Phi) is 8.08. The lowest BCUT2D eigenvalue weighted by molar-refractivity contribution is -0.0287. The van der Waals surface area contributed by atoms with Crippen LogP contribution in [0.25, 0.3) is 0 Å². The number of esters is 2. The fourth-order valence-electron chi connectivity index (χ4n) is 3.50. The Hall–Kier alpha value is -3.10. The van der Waals surface area contributed by atoms with Crippen molar-refractivity contribution in [2.75, 3.05) is 27.4 Å². The first kappa shape index (κ1) is 23.6. The number of methoxy groups -OCH3 is 2. The third kappa shape index (κ3) is 5.20. The molecule has 2 aliphatic rings. The molecule has 172 valence electrons. The summed E-state index contributed by atoms with van der Waals surface area (Å²) in [6.45, 7) is 4.35. The predicted octanol–water partition coefficient (Wildman–Crippen LogP) is 3.28. The zero-order valence-electron chi connectivity index (χ0n) is 18.6. The average molecular weight is 444 g/mol. The van der Waals surface area contributed by atoms with E-state index in [0.717, 1.165) is 0 Å². The van der Waals surface area contributed by atoms with Gasteiger partial charge in [0.15, 0.2) is 12.2 Å². The van der Waals surface area contributed by atoms with E-state index in [-0.39, 0.29) is 13.2 Å². The summed E-state index contributed by atoms with van der Waals surface area (Å²) in [7, 11) is 3.11. The van der Waals surface area contributed by atoms with Gasteiger partial charge in [-0.1, -0.05) is 13.8 Å². The van der Waals surface area contributed by atoms with Crippen LogP contribution in [0.2, 0.25) is 0 Å². The smallest absolute Gasteiger partial charge is 0.338 e. The summed E-state index contributed by atoms with van der Waals surface area (Å²) in [5, 5.41) is 0. The van der Waals surface area contributed by atoms with E-state index < -0.39 is 36.4 Å². The van der Waals surface area contributed by atoms with Crippen molar-refractivity contribution < 1.29 is 38.0 Å². The second-order valence-electron chi connectivity index (χ2n) is 6.94. The highest BCUT2D eigenvalue weighted by atomic mass is 16.7. The number of hydrogen-bond donors (Lipinski definition) is 0. The SMILES string of the molecule is CC.COc1ccc(C(=O)O[C@H]2CO[C@H]3[C@@H]2OC[C@H]3OC(=O)c2ccc(OC)cc2)cc1. The Morgan fingerprint density at radius 2 is 1.03 bits per heavy atom. The maximum atomic E-state index is 12.4. The van der Waals surface area contributed by atoms with E-state index in [1.165, 1.54) is 0 Å². The molecule has 0 unspecified atom stereocenters. The molecule has 2 aliphatic heterocycles. The normalized spacial score (nSPS) is 23.4. The lowest BCUT2D eigenvalue weighted by Gasteiger charge is -2.17. The fourth-order valence-corrected chi connectivity index (χ4v) is 3.50. The first-order valence-corrected chi connectivity index (χ1v) is 10.5. The molecule has 0 amide bonds. The van der Waals surface area contributed by atoms with Gasteiger partial charge in [0.25, 0.3) is 0 Å². The quantitative estimate of drug-likeness (QED) is 0.627. The standard InChI is InChI=1S/C22H22O8.C2H6/c1-25-15-7-3-13(4-8-15)21(23)29-17-11-27-20-18(12-28-19(17)20)30-22(24)14-5-9-16(26-2)10-6-14;1-2/h3-10,17-20H,11-12H2,1-2H3;1-2H3/t17-,18+,19-,20-;/m1./s1. The Morgan fingerprint density at radius 1 is 0.688 bits per heavy atom. The van der Waals surface area contributed by atoms with Gasteiger partial charge in [-0.15, -0.1) is 0 Å². The Balaban J connectivity index is 0.00000141. The second-order valence-corrected chi connectivity index (χ2v) is 6.94. The van der Waals surface area contributed by atoms with Crippen LogP contribution in [0.15, 0.2) is 48.5 Å². The summed E-state index contributed by atoms with van der Waals surface area (Å²) in [5.74, 6) is 0.344. The molecule has 2 aromatic rings. The Bertz CT molecular complexity index is 818. The van der Waals surface area contributed by atoms with Gasteiger partial charge in [-0.3, -0.25) is 0 Å². The van der Waals surface area contributed by atoms with E-state index in [0.29, 0.717) is 22.6 Å². The van der Waals surface area contributed by atoms with Crippen molar-refractivity contribution in [2.45, 2.75) is 38.3 Å². The zero-order valence-corrected chi connectivity index (χ0v) is 18.6. The molecule has 0 spiro atoms. The van der Waals surface area contributed by atoms with Crippen molar-refractivity contribution in [3.05, 3.63) is 59.7 Å². The molecule has 4 atom stereocenters. The van der Waals surface area contributed by atoms with Gasteiger partial charge >= 0.3 is 11.9 Å². The summed E-state index contributed by atoms with van der Waals surface area (Å²) in [6, 6.07) is 13.3. The molecule has 2 heterocycles. The first-order valence-electron chi connectivity index (χ1n) is 10.5. The van der Waals surface area contributed by atoms with E-state index in [1.807, 2.05) is 13.8 Å². The van der Waals surface area contributed by atoms with Crippen LogP contribution in [0.1, 0.15) is 34.6 Å². The maximum Gasteiger partial charge on any atom is 0.338 e. The highest BCUT2D eigenvalue weighted by Gasteiger charge is 2.51. The Morgan fingerprint density at radius 3 is 1.34 bits per heavy atom. The van der Waals surface area contributed by atoms with E-state index in [1.54, 1.807) is 62.8 Å². The van der Waals surface area contributed by atoms with Gasteiger partial charge < -0.3 is 28.4 Å². The van der Waals surface area contributed by atoms with E-state index in [9.17, 15) is 9.59 Å². The van der Waals surface area contributed by atoms with Crippen LogP contribution in [-0.2, 0) is 18.9 Å². The average Bonchev–Trinajstić information content (AvgIpc) is 3.43. The van der Waals surface area contributed by atoms with Crippen molar-refractivity contribution in [1.82, 2.24) is 0 Å². The van der Waals surface area contributed by atoms with Gasteiger partial charge in [-0.25, -0.2) is 9.59 Å². The molecule has 2 fully saturated rings. The molecule has 2 saturated heterocycles. The van der Waals surface area contributed by atoms with Crippen LogP contribution < -0.4 is 9.47 Å². The van der Waals surface area contributed by atoms with Crippen LogP contribution in [-0.4, -0.2) is 63.8 Å². The van der Waals surface area contributed by atoms with Gasteiger partial charge in [0, 0.05) is 0 Å². The third-order valence-corrected chi connectivity index (χ3v) is 5.13. The van der Waals surface area contributed by atoms with Crippen molar-refractivity contribution in [3.8, 4) is 11.5 Å². The fraction of sp³-hybridized carbons (Fsp3) is 0.417. The van der Waals surface area contributed by atoms with Crippen molar-refractivity contribution >= 4 is 11.9 Å². The lowest BCUT2D eigenvalue weighted by Crippen LogP contribution is -2.36. The summed E-state index contributed by atoms with van der Waals surface area (Å²) in [4.78, 5) is 24.8. The van der Waals surface area contributed by atoms with Crippen LogP contribution in [0.5, 0.6) is 11.5 Å². The molecule has 32 heavy (non-hydrogen) atoms. The summed E-state index contributed by atoms with van der Waals surface area (Å²) < 4.78 is 32.8. The molecule has 0 radical (unpaired) electrons. The first-order chi connectivity index (χ1) is 15.6. The number of carbonyl (C=O) groups excluding carboxylic acids is 2. The highest BCUT2D eigenvalue weighted by molar-refractivity contribution is 5.90. The molecular weight excluding hydrogens is 416 g/mol. The molecular formula is C24H28O8. The van der Waals surface area contributed by atoms with Crippen molar-refractivity contribution in [2.24, 2.45) is 0 Å². The summed E-state index contributed by atoms with van der Waals surface area (Å²) in [6.07, 6.45) is -2.12. The molecule has 0 bridgehead atoms. The van der Waals surface area contributed by atoms with Crippen LogP contribution in [0.3, 0.4) is 0 Å². The summed E-state index contributed by atoms with van der Waals surface area (Å²) in [5.41, 5.74) is 0.805. The largest absolute Gasteiger partial charge is 0.497 e. The van der Waals surface area contributed by atoms with Crippen molar-refractivity contribution in [1.29, 1.82) is 0 Å². The van der Waals surface area contributed by atoms with Gasteiger partial charge in [0.1, 0.15) is 23.7 Å². The van der Waals surface area contributed by atoms with Crippen LogP contribution >= 0.6 is 0 Å². The number of carbonyl (C=O) groups is 2. The number of rotatable bonds is 6. The number of benzene rings is 2. The highest BCUT2D eigenvalue weighted by Crippen LogP contribution is 2.31. The lowest BCUT2D eigenvalue weighted by atomic mass is 10.1. The second kappa shape index (κ2) is 11.0. The molecule has 8 nitrogen and oxygen atoms in total. The molecule has 2 aromatic carbocycles. The van der Waals surface area contributed by atoms with Gasteiger partial charge in [-0.2, -0.15) is 0 Å². The molecule has 0 N–H and O–H groups in total. The number of ether oxygens (including phenoxy) is 6. The summed E-state index contributed by atoms with van der Waals surface area (Å²) >= 11 is 0. The minimum absolute atomic E-state index is 0.174. The topological polar surface area (TPSA) is 89.5 Å². The van der Waals surface area contributed by atoms with E-state index in [2.05, 4.69) is 0 Å². The maximum absolute atomic E-state index is 12.4. The minimum Gasteiger partial charge on any atom is -0.497 e. The van der Waals surface area contributed by atoms with Crippen LogP contribution in [0, 0.1) is 0 Å². The number of fused-ring (bicyclic) bond motifs is 1. The predicted molar refractivity (Wildman–Crippen MR) is 115 cm³/mol. The monoisotopic (exact) mass is 444 g/mol. The molecule has 0 aromatic heterocycles. The van der Waals surface area contributed by atoms with E-state index in [4.69, 9.17) is 28.4 Å². The third-order valence-electron chi connectivity index (χ3n) is 5.13. The zero-order chi connectivity index (χ0) is 23.1. The van der Waals surface area contributed by atoms with Gasteiger partial charge in [0.05, 0.1) is 38.6 Å².